The Morgan fingerprint density at radius 2 is 1.48 bits per heavy atom. The van der Waals surface area contributed by atoms with Gasteiger partial charge in [-0.25, -0.2) is 9.59 Å². The van der Waals surface area contributed by atoms with Crippen LogP contribution in [0.4, 0.5) is 21.0 Å². The Balaban J connectivity index is 2.72. The summed E-state index contributed by atoms with van der Waals surface area (Å²) in [5.74, 6) is 0. The van der Waals surface area contributed by atoms with Crippen LogP contribution in [0.5, 0.6) is 0 Å². The fourth-order valence-electron chi connectivity index (χ4n) is 1.48. The SMILES string of the molecule is CCC(C)=NOC(=O)Nc1ccc(C)c(NC(=O)ON=C(C)CC)c1. The van der Waals surface area contributed by atoms with Crippen molar-refractivity contribution in [2.24, 2.45) is 10.3 Å². The molecule has 2 N–H and O–H groups in total. The highest BCUT2D eigenvalue weighted by Gasteiger charge is 2.09. The van der Waals surface area contributed by atoms with E-state index in [1.54, 1.807) is 32.0 Å². The van der Waals surface area contributed by atoms with Gasteiger partial charge in [-0.15, -0.1) is 0 Å². The summed E-state index contributed by atoms with van der Waals surface area (Å²) in [4.78, 5) is 32.9. The molecule has 25 heavy (non-hydrogen) atoms. The number of hydrogen-bond donors (Lipinski definition) is 2. The molecular weight excluding hydrogens is 324 g/mol. The number of amides is 2. The largest absolute Gasteiger partial charge is 0.437 e. The van der Waals surface area contributed by atoms with E-state index in [2.05, 4.69) is 20.9 Å². The van der Waals surface area contributed by atoms with Crippen molar-refractivity contribution in [2.45, 2.75) is 47.5 Å². The molecule has 0 heterocycles. The Morgan fingerprint density at radius 3 is 2.00 bits per heavy atom. The first-order valence-corrected chi connectivity index (χ1v) is 7.99. The van der Waals surface area contributed by atoms with Gasteiger partial charge in [0.2, 0.25) is 0 Å². The van der Waals surface area contributed by atoms with Gasteiger partial charge in [-0.3, -0.25) is 20.3 Å². The van der Waals surface area contributed by atoms with Crippen molar-refractivity contribution in [1.82, 2.24) is 0 Å². The molecule has 0 atom stereocenters. The quantitative estimate of drug-likeness (QED) is 0.443. The summed E-state index contributed by atoms with van der Waals surface area (Å²) in [7, 11) is 0. The Morgan fingerprint density at radius 1 is 0.960 bits per heavy atom. The summed E-state index contributed by atoms with van der Waals surface area (Å²) in [5, 5.41) is 12.5. The van der Waals surface area contributed by atoms with Crippen LogP contribution in [0.15, 0.2) is 28.5 Å². The minimum Gasteiger partial charge on any atom is -0.298 e. The van der Waals surface area contributed by atoms with Crippen molar-refractivity contribution < 1.29 is 19.3 Å². The zero-order chi connectivity index (χ0) is 18.8. The predicted molar refractivity (Wildman–Crippen MR) is 98.2 cm³/mol. The van der Waals surface area contributed by atoms with Crippen molar-refractivity contribution >= 4 is 35.0 Å². The van der Waals surface area contributed by atoms with Crippen molar-refractivity contribution in [3.8, 4) is 0 Å². The van der Waals surface area contributed by atoms with Gasteiger partial charge in [0.25, 0.3) is 0 Å². The van der Waals surface area contributed by atoms with Crippen LogP contribution in [-0.2, 0) is 9.68 Å². The first-order chi connectivity index (χ1) is 11.8. The van der Waals surface area contributed by atoms with Crippen LogP contribution in [0.25, 0.3) is 0 Å². The molecule has 0 aliphatic rings. The molecule has 2 amide bonds. The molecule has 0 fully saturated rings. The smallest absolute Gasteiger partial charge is 0.298 e. The highest BCUT2D eigenvalue weighted by molar-refractivity contribution is 5.90. The lowest BCUT2D eigenvalue weighted by Crippen LogP contribution is -2.14. The Bertz CT molecular complexity index is 683. The third-order valence-electron chi connectivity index (χ3n) is 3.31. The summed E-state index contributed by atoms with van der Waals surface area (Å²) >= 11 is 0. The van der Waals surface area contributed by atoms with E-state index in [9.17, 15) is 9.59 Å². The fraction of sp³-hybridized carbons (Fsp3) is 0.412. The highest BCUT2D eigenvalue weighted by Crippen LogP contribution is 2.20. The first-order valence-electron chi connectivity index (χ1n) is 7.99. The van der Waals surface area contributed by atoms with Crippen LogP contribution in [0.1, 0.15) is 46.1 Å². The normalized spacial score (nSPS) is 11.7. The van der Waals surface area contributed by atoms with E-state index in [4.69, 9.17) is 9.68 Å². The molecule has 1 aromatic rings. The molecule has 0 unspecified atom stereocenters. The van der Waals surface area contributed by atoms with Gasteiger partial charge in [0.15, 0.2) is 0 Å². The maximum absolute atomic E-state index is 11.8. The average molecular weight is 348 g/mol. The number of carbonyl (C=O) groups is 2. The van der Waals surface area contributed by atoms with Gasteiger partial charge in [0.1, 0.15) is 0 Å². The second-order valence-corrected chi connectivity index (χ2v) is 5.40. The molecule has 8 nitrogen and oxygen atoms in total. The first kappa shape index (κ1) is 20.1. The molecule has 8 heteroatoms. The van der Waals surface area contributed by atoms with Gasteiger partial charge in [-0.2, -0.15) is 0 Å². The number of aryl methyl sites for hydroxylation is 1. The van der Waals surface area contributed by atoms with Gasteiger partial charge in [-0.1, -0.05) is 30.2 Å². The third kappa shape index (κ3) is 7.47. The summed E-state index contributed by atoms with van der Waals surface area (Å²) < 4.78 is 0. The lowest BCUT2D eigenvalue weighted by atomic mass is 10.2. The number of oxime groups is 2. The molecule has 0 bridgehead atoms. The number of hydrogen-bond acceptors (Lipinski definition) is 6. The Kier molecular flexibility index (Phi) is 8.11. The van der Waals surface area contributed by atoms with Gasteiger partial charge in [-0.05, 0) is 51.3 Å². The molecule has 0 spiro atoms. The van der Waals surface area contributed by atoms with Crippen molar-refractivity contribution in [3.05, 3.63) is 23.8 Å². The van der Waals surface area contributed by atoms with Gasteiger partial charge in [0, 0.05) is 11.4 Å². The highest BCUT2D eigenvalue weighted by atomic mass is 16.7. The Hall–Kier alpha value is -2.90. The molecule has 0 radical (unpaired) electrons. The van der Waals surface area contributed by atoms with E-state index >= 15 is 0 Å². The summed E-state index contributed by atoms with van der Waals surface area (Å²) in [6.07, 6.45) is -0.0472. The molecule has 1 rings (SSSR count). The molecule has 0 saturated carbocycles. The predicted octanol–water partition coefficient (Wildman–Crippen LogP) is 4.66. The summed E-state index contributed by atoms with van der Waals surface area (Å²) in [6.45, 7) is 9.15. The lowest BCUT2D eigenvalue weighted by Gasteiger charge is -2.10. The molecule has 0 aromatic heterocycles. The van der Waals surface area contributed by atoms with E-state index in [1.807, 2.05) is 20.8 Å². The molecule has 0 aliphatic heterocycles. The van der Waals surface area contributed by atoms with Crippen LogP contribution in [0, 0.1) is 6.92 Å². The molecule has 1 aromatic carbocycles. The number of anilines is 2. The van der Waals surface area contributed by atoms with Crippen molar-refractivity contribution in [3.63, 3.8) is 0 Å². The monoisotopic (exact) mass is 348 g/mol. The van der Waals surface area contributed by atoms with Crippen molar-refractivity contribution in [2.75, 3.05) is 10.6 Å². The van der Waals surface area contributed by atoms with E-state index in [0.717, 1.165) is 5.56 Å². The van der Waals surface area contributed by atoms with E-state index in [0.29, 0.717) is 35.6 Å². The lowest BCUT2D eigenvalue weighted by molar-refractivity contribution is 0.165. The fourth-order valence-corrected chi connectivity index (χ4v) is 1.48. The van der Waals surface area contributed by atoms with Crippen LogP contribution in [-0.4, -0.2) is 23.6 Å². The summed E-state index contributed by atoms with van der Waals surface area (Å²) in [5.41, 5.74) is 3.14. The molecule has 0 aliphatic carbocycles. The molecular formula is C17H24N4O4. The van der Waals surface area contributed by atoms with Gasteiger partial charge in [0.05, 0.1) is 11.4 Å². The zero-order valence-electron chi connectivity index (χ0n) is 15.2. The van der Waals surface area contributed by atoms with Crippen LogP contribution in [0.3, 0.4) is 0 Å². The second-order valence-electron chi connectivity index (χ2n) is 5.40. The van der Waals surface area contributed by atoms with Crippen molar-refractivity contribution in [1.29, 1.82) is 0 Å². The number of rotatable bonds is 6. The second kappa shape index (κ2) is 10.1. The maximum atomic E-state index is 11.8. The Labute approximate surface area is 147 Å². The van der Waals surface area contributed by atoms with E-state index in [1.165, 1.54) is 0 Å². The number of benzene rings is 1. The topological polar surface area (TPSA) is 101 Å². The number of nitrogens with zero attached hydrogens (tertiary/aromatic N) is 2. The minimum absolute atomic E-state index is 0.448. The molecule has 0 saturated heterocycles. The minimum atomic E-state index is -0.714. The van der Waals surface area contributed by atoms with E-state index < -0.39 is 12.2 Å². The third-order valence-corrected chi connectivity index (χ3v) is 3.31. The van der Waals surface area contributed by atoms with Crippen LogP contribution >= 0.6 is 0 Å². The van der Waals surface area contributed by atoms with E-state index in [-0.39, 0.29) is 0 Å². The molecule has 136 valence electrons. The average Bonchev–Trinajstić information content (AvgIpc) is 2.60. The summed E-state index contributed by atoms with van der Waals surface area (Å²) in [6, 6.07) is 5.01. The number of nitrogens with one attached hydrogen (secondary N) is 2. The zero-order valence-corrected chi connectivity index (χ0v) is 15.2. The van der Waals surface area contributed by atoms with Crippen LogP contribution in [0.2, 0.25) is 0 Å². The standard InChI is InChI=1S/C17H24N4O4/c1-6-12(4)20-24-16(22)18-14-9-8-11(3)15(10-14)19-17(23)25-21-13(5)7-2/h8-10H,6-7H2,1-5H3,(H,18,22)(H,19,23). The maximum Gasteiger partial charge on any atom is 0.437 e. The van der Waals surface area contributed by atoms with Crippen LogP contribution < -0.4 is 10.6 Å². The van der Waals surface area contributed by atoms with Gasteiger partial charge >= 0.3 is 12.2 Å². The van der Waals surface area contributed by atoms with Gasteiger partial charge < -0.3 is 0 Å². The number of carbonyl (C=O) groups excluding carboxylic acids is 2.